The molecule has 5 nitrogen and oxygen atoms in total. The molecule has 0 saturated carbocycles. The molecule has 0 bridgehead atoms. The first-order valence-electron chi connectivity index (χ1n) is 11.8. The molecule has 2 aromatic carbocycles. The van der Waals surface area contributed by atoms with Crippen molar-refractivity contribution in [2.75, 3.05) is 13.1 Å². The zero-order valence-corrected chi connectivity index (χ0v) is 20.0. The quantitative estimate of drug-likeness (QED) is 0.650. The smallest absolute Gasteiger partial charge is 0.243 e. The molecule has 1 saturated heterocycles. The topological polar surface area (TPSA) is 57.7 Å². The predicted molar refractivity (Wildman–Crippen MR) is 127 cm³/mol. The van der Waals surface area contributed by atoms with E-state index in [0.29, 0.717) is 37.4 Å². The first-order chi connectivity index (χ1) is 15.4. The number of nitrogens with zero attached hydrogens (tertiary/aromatic N) is 2. The third-order valence-electron chi connectivity index (χ3n) is 6.86. The van der Waals surface area contributed by atoms with Crippen LogP contribution in [0.3, 0.4) is 0 Å². The Bertz CT molecular complexity index is 1040. The van der Waals surface area contributed by atoms with Crippen LogP contribution in [0.15, 0.2) is 53.4 Å². The summed E-state index contributed by atoms with van der Waals surface area (Å²) >= 11 is 0. The third-order valence-corrected chi connectivity index (χ3v) is 8.76. The number of fused-ring (bicyclic) bond motifs is 1. The molecule has 2 aliphatic rings. The monoisotopic (exact) mass is 454 g/mol. The fourth-order valence-corrected chi connectivity index (χ4v) is 6.41. The van der Waals surface area contributed by atoms with Crippen molar-refractivity contribution < 1.29 is 13.2 Å². The normalized spacial score (nSPS) is 17.8. The lowest BCUT2D eigenvalue weighted by molar-refractivity contribution is -0.139. The molecule has 6 heteroatoms. The van der Waals surface area contributed by atoms with Crippen molar-refractivity contribution in [2.45, 2.75) is 69.9 Å². The summed E-state index contributed by atoms with van der Waals surface area (Å²) in [4.78, 5) is 15.6. The zero-order chi connectivity index (χ0) is 22.7. The number of amides is 1. The van der Waals surface area contributed by atoms with Gasteiger partial charge in [-0.2, -0.15) is 4.31 Å². The lowest BCUT2D eigenvalue weighted by Gasteiger charge is -2.35. The number of hydrogen-bond donors (Lipinski definition) is 0. The van der Waals surface area contributed by atoms with Crippen molar-refractivity contribution in [1.29, 1.82) is 0 Å². The predicted octanol–water partition coefficient (Wildman–Crippen LogP) is 4.40. The van der Waals surface area contributed by atoms with Gasteiger partial charge in [-0.15, -0.1) is 0 Å². The first-order valence-corrected chi connectivity index (χ1v) is 13.3. The lowest BCUT2D eigenvalue weighted by Crippen LogP contribution is -2.46. The van der Waals surface area contributed by atoms with Gasteiger partial charge in [-0.25, -0.2) is 8.42 Å². The van der Waals surface area contributed by atoms with Crippen LogP contribution < -0.4 is 0 Å². The summed E-state index contributed by atoms with van der Waals surface area (Å²) in [6.07, 6.45) is 5.44. The molecule has 0 aromatic heterocycles. The van der Waals surface area contributed by atoms with Crippen LogP contribution >= 0.6 is 0 Å². The molecule has 0 N–H and O–H groups in total. The highest BCUT2D eigenvalue weighted by Gasteiger charge is 2.34. The van der Waals surface area contributed by atoms with E-state index in [4.69, 9.17) is 0 Å². The summed E-state index contributed by atoms with van der Waals surface area (Å²) in [6.45, 7) is 5.46. The molecule has 32 heavy (non-hydrogen) atoms. The SMILES string of the molecule is CC(C)N(Cc1ccccc1)C(=O)C1CCN(S(=O)(=O)c2ccc3c(c2)CCCC3)CC1. The van der Waals surface area contributed by atoms with Gasteiger partial charge in [0.15, 0.2) is 0 Å². The van der Waals surface area contributed by atoms with Crippen molar-refractivity contribution >= 4 is 15.9 Å². The van der Waals surface area contributed by atoms with E-state index in [-0.39, 0.29) is 17.9 Å². The average Bonchev–Trinajstić information content (AvgIpc) is 2.82. The van der Waals surface area contributed by atoms with E-state index in [9.17, 15) is 13.2 Å². The van der Waals surface area contributed by atoms with E-state index in [2.05, 4.69) is 0 Å². The Hall–Kier alpha value is -2.18. The van der Waals surface area contributed by atoms with Crippen LogP contribution in [0, 0.1) is 5.92 Å². The standard InChI is InChI=1S/C26H34N2O3S/c1-20(2)28(19-21-8-4-3-5-9-21)26(29)23-14-16-27(17-15-23)32(30,31)25-13-12-22-10-6-7-11-24(22)18-25/h3-5,8-9,12-13,18,20,23H,6-7,10-11,14-17,19H2,1-2H3. The van der Waals surface area contributed by atoms with E-state index in [1.807, 2.05) is 61.2 Å². The largest absolute Gasteiger partial charge is 0.336 e. The summed E-state index contributed by atoms with van der Waals surface area (Å²) in [5, 5.41) is 0. The van der Waals surface area contributed by atoms with E-state index in [0.717, 1.165) is 24.8 Å². The van der Waals surface area contributed by atoms with Crippen LogP contribution in [0.5, 0.6) is 0 Å². The minimum absolute atomic E-state index is 0.0972. The molecule has 1 fully saturated rings. The Morgan fingerprint density at radius 2 is 1.66 bits per heavy atom. The molecule has 0 spiro atoms. The summed E-state index contributed by atoms with van der Waals surface area (Å²) < 4.78 is 28.1. The minimum atomic E-state index is -3.52. The Morgan fingerprint density at radius 3 is 2.31 bits per heavy atom. The van der Waals surface area contributed by atoms with Gasteiger partial charge in [0.05, 0.1) is 4.90 Å². The fraction of sp³-hybridized carbons (Fsp3) is 0.500. The Balaban J connectivity index is 1.42. The maximum absolute atomic E-state index is 13.3. The molecule has 0 radical (unpaired) electrons. The highest BCUT2D eigenvalue weighted by molar-refractivity contribution is 7.89. The van der Waals surface area contributed by atoms with E-state index >= 15 is 0 Å². The number of rotatable bonds is 6. The summed E-state index contributed by atoms with van der Waals surface area (Å²) in [7, 11) is -3.52. The molecule has 2 aromatic rings. The van der Waals surface area contributed by atoms with Gasteiger partial charge in [0.2, 0.25) is 15.9 Å². The van der Waals surface area contributed by atoms with Gasteiger partial charge in [-0.05, 0) is 81.2 Å². The Labute approximate surface area is 192 Å². The van der Waals surface area contributed by atoms with Crippen LogP contribution in [0.25, 0.3) is 0 Å². The maximum Gasteiger partial charge on any atom is 0.243 e. The van der Waals surface area contributed by atoms with Crippen molar-refractivity contribution in [3.05, 3.63) is 65.2 Å². The molecule has 1 aliphatic heterocycles. The number of sulfonamides is 1. The molecule has 1 amide bonds. The number of piperidine rings is 1. The third kappa shape index (κ3) is 4.91. The fourth-order valence-electron chi connectivity index (χ4n) is 4.89. The van der Waals surface area contributed by atoms with Crippen molar-refractivity contribution in [3.8, 4) is 0 Å². The van der Waals surface area contributed by atoms with Gasteiger partial charge < -0.3 is 4.90 Å². The Kier molecular flexibility index (Phi) is 7.01. The summed E-state index contributed by atoms with van der Waals surface area (Å²) in [5.41, 5.74) is 3.57. The minimum Gasteiger partial charge on any atom is -0.336 e. The molecule has 4 rings (SSSR count). The van der Waals surface area contributed by atoms with E-state index < -0.39 is 10.0 Å². The number of carbonyl (C=O) groups excluding carboxylic acids is 1. The second-order valence-electron chi connectivity index (χ2n) is 9.36. The molecular weight excluding hydrogens is 420 g/mol. The molecule has 1 aliphatic carbocycles. The van der Waals surface area contributed by atoms with Crippen molar-refractivity contribution in [1.82, 2.24) is 9.21 Å². The van der Waals surface area contributed by atoms with E-state index in [1.165, 1.54) is 17.5 Å². The number of carbonyl (C=O) groups is 1. The molecule has 0 atom stereocenters. The van der Waals surface area contributed by atoms with Crippen LogP contribution in [0.1, 0.15) is 56.2 Å². The van der Waals surface area contributed by atoms with Gasteiger partial charge in [-0.1, -0.05) is 36.4 Å². The van der Waals surface area contributed by atoms with Crippen molar-refractivity contribution in [2.24, 2.45) is 5.92 Å². The second kappa shape index (κ2) is 9.75. The Morgan fingerprint density at radius 1 is 1.00 bits per heavy atom. The number of hydrogen-bond acceptors (Lipinski definition) is 3. The van der Waals surface area contributed by atoms with Crippen LogP contribution in [0.2, 0.25) is 0 Å². The second-order valence-corrected chi connectivity index (χ2v) is 11.3. The van der Waals surface area contributed by atoms with Crippen LogP contribution in [-0.2, 0) is 34.2 Å². The summed E-state index contributed by atoms with van der Waals surface area (Å²) in [6, 6.07) is 15.8. The zero-order valence-electron chi connectivity index (χ0n) is 19.2. The van der Waals surface area contributed by atoms with Gasteiger partial charge >= 0.3 is 0 Å². The first kappa shape index (κ1) is 23.0. The molecular formula is C26H34N2O3S. The van der Waals surface area contributed by atoms with Gasteiger partial charge in [0.25, 0.3) is 0 Å². The number of aryl methyl sites for hydroxylation is 2. The highest BCUT2D eigenvalue weighted by atomic mass is 32.2. The molecule has 1 heterocycles. The molecule has 172 valence electrons. The van der Waals surface area contributed by atoms with Gasteiger partial charge in [0.1, 0.15) is 0 Å². The molecule has 0 unspecified atom stereocenters. The van der Waals surface area contributed by atoms with Crippen LogP contribution in [-0.4, -0.2) is 42.7 Å². The van der Waals surface area contributed by atoms with Gasteiger partial charge in [0, 0.05) is 31.6 Å². The summed E-state index contributed by atoms with van der Waals surface area (Å²) in [5.74, 6) is 0.00535. The van der Waals surface area contributed by atoms with Gasteiger partial charge in [-0.3, -0.25) is 4.79 Å². The van der Waals surface area contributed by atoms with Crippen LogP contribution in [0.4, 0.5) is 0 Å². The van der Waals surface area contributed by atoms with Crippen molar-refractivity contribution in [3.63, 3.8) is 0 Å². The lowest BCUT2D eigenvalue weighted by atomic mass is 9.92. The van der Waals surface area contributed by atoms with E-state index in [1.54, 1.807) is 10.4 Å². The maximum atomic E-state index is 13.3. The highest BCUT2D eigenvalue weighted by Crippen LogP contribution is 2.29. The number of benzene rings is 2. The average molecular weight is 455 g/mol.